The zero-order chi connectivity index (χ0) is 13.8. The van der Waals surface area contributed by atoms with Crippen LogP contribution in [0.4, 0.5) is 0 Å². The summed E-state index contributed by atoms with van der Waals surface area (Å²) in [6.07, 6.45) is 3.15. The van der Waals surface area contributed by atoms with Gasteiger partial charge >= 0.3 is 5.69 Å². The van der Waals surface area contributed by atoms with Crippen LogP contribution in [-0.2, 0) is 6.54 Å². The molecule has 0 aliphatic carbocycles. The molecule has 0 aliphatic heterocycles. The van der Waals surface area contributed by atoms with Gasteiger partial charge in [-0.1, -0.05) is 18.3 Å². The smallest absolute Gasteiger partial charge is 0.347 e. The maximum Gasteiger partial charge on any atom is 0.347 e. The Morgan fingerprint density at radius 1 is 1.53 bits per heavy atom. The fourth-order valence-electron chi connectivity index (χ4n) is 1.74. The summed E-state index contributed by atoms with van der Waals surface area (Å²) in [7, 11) is 1.55. The molecule has 1 heterocycles. The number of nitrogens with zero attached hydrogens (tertiary/aromatic N) is 2. The van der Waals surface area contributed by atoms with E-state index < -0.39 is 0 Å². The van der Waals surface area contributed by atoms with Gasteiger partial charge in [-0.3, -0.25) is 4.57 Å². The van der Waals surface area contributed by atoms with Crippen LogP contribution in [0.3, 0.4) is 0 Å². The molecule has 0 fully saturated rings. The number of aromatic nitrogens is 2. The molecule has 1 aromatic heterocycles. The summed E-state index contributed by atoms with van der Waals surface area (Å²) >= 11 is 4.94. The molecule has 0 spiro atoms. The molecule has 0 amide bonds. The van der Waals surface area contributed by atoms with Crippen LogP contribution in [0, 0.1) is 0 Å². The predicted molar refractivity (Wildman–Crippen MR) is 76.5 cm³/mol. The highest BCUT2D eigenvalue weighted by Gasteiger charge is 2.07. The van der Waals surface area contributed by atoms with E-state index in [0.717, 1.165) is 5.56 Å². The third-order valence-corrected chi connectivity index (χ3v) is 2.89. The van der Waals surface area contributed by atoms with Crippen molar-refractivity contribution in [2.75, 3.05) is 7.11 Å². The second kappa shape index (κ2) is 5.62. The lowest BCUT2D eigenvalue weighted by Gasteiger charge is -2.10. The minimum absolute atomic E-state index is 0.280. The van der Waals surface area contributed by atoms with Gasteiger partial charge < -0.3 is 10.5 Å². The molecular formula is C13H13N3O2S. The Hall–Kier alpha value is -2.21. The van der Waals surface area contributed by atoms with E-state index in [1.54, 1.807) is 25.4 Å². The Morgan fingerprint density at radius 2 is 2.32 bits per heavy atom. The average molecular weight is 275 g/mol. The summed E-state index contributed by atoms with van der Waals surface area (Å²) in [5, 5.41) is 0. The van der Waals surface area contributed by atoms with E-state index in [1.165, 1.54) is 10.8 Å². The summed E-state index contributed by atoms with van der Waals surface area (Å²) in [6.45, 7) is 0.417. The van der Waals surface area contributed by atoms with Gasteiger partial charge in [0.15, 0.2) is 0 Å². The first kappa shape index (κ1) is 13.2. The summed E-state index contributed by atoms with van der Waals surface area (Å²) in [5.74, 6) is 0.599. The molecule has 2 rings (SSSR count). The maximum atomic E-state index is 11.5. The molecule has 0 bridgehead atoms. The molecule has 1 aromatic carbocycles. The molecule has 19 heavy (non-hydrogen) atoms. The number of hydrogen-bond donors (Lipinski definition) is 1. The number of hydrogen-bond acceptors (Lipinski definition) is 4. The van der Waals surface area contributed by atoms with Gasteiger partial charge in [-0.05, 0) is 23.8 Å². The van der Waals surface area contributed by atoms with Gasteiger partial charge in [-0.2, -0.15) is 0 Å². The van der Waals surface area contributed by atoms with Crippen LogP contribution in [0.1, 0.15) is 11.1 Å². The van der Waals surface area contributed by atoms with E-state index in [4.69, 9.17) is 22.7 Å². The fraction of sp³-hybridized carbons (Fsp3) is 0.154. The Labute approximate surface area is 115 Å². The average Bonchev–Trinajstić information content (AvgIpc) is 2.41. The molecule has 0 atom stereocenters. The normalized spacial score (nSPS) is 10.2. The van der Waals surface area contributed by atoms with Crippen LogP contribution in [0.15, 0.2) is 41.5 Å². The van der Waals surface area contributed by atoms with Gasteiger partial charge in [-0.25, -0.2) is 9.78 Å². The van der Waals surface area contributed by atoms with E-state index >= 15 is 0 Å². The van der Waals surface area contributed by atoms with Gasteiger partial charge in [0.25, 0.3) is 0 Å². The Kier molecular flexibility index (Phi) is 3.91. The number of rotatable bonds is 4. The van der Waals surface area contributed by atoms with Crippen LogP contribution >= 0.6 is 12.2 Å². The highest BCUT2D eigenvalue weighted by molar-refractivity contribution is 7.80. The Balaban J connectivity index is 2.35. The molecule has 0 radical (unpaired) electrons. The van der Waals surface area contributed by atoms with Crippen molar-refractivity contribution < 1.29 is 4.74 Å². The van der Waals surface area contributed by atoms with Crippen LogP contribution in [0.5, 0.6) is 5.75 Å². The molecule has 0 saturated heterocycles. The first-order valence-electron chi connectivity index (χ1n) is 5.60. The third-order valence-electron chi connectivity index (χ3n) is 2.67. The highest BCUT2D eigenvalue weighted by atomic mass is 32.1. The monoisotopic (exact) mass is 275 g/mol. The van der Waals surface area contributed by atoms with Crippen molar-refractivity contribution in [2.24, 2.45) is 5.73 Å². The molecule has 6 heteroatoms. The Morgan fingerprint density at radius 3 is 2.95 bits per heavy atom. The quantitative estimate of drug-likeness (QED) is 0.841. The van der Waals surface area contributed by atoms with Gasteiger partial charge in [0.2, 0.25) is 0 Å². The Bertz CT molecular complexity index is 667. The lowest BCUT2D eigenvalue weighted by molar-refractivity contribution is 0.413. The maximum absolute atomic E-state index is 11.5. The fourth-order valence-corrected chi connectivity index (χ4v) is 1.91. The van der Waals surface area contributed by atoms with Gasteiger partial charge in [0, 0.05) is 12.4 Å². The molecule has 5 nitrogen and oxygen atoms in total. The lowest BCUT2D eigenvalue weighted by Crippen LogP contribution is -2.22. The topological polar surface area (TPSA) is 70.1 Å². The van der Waals surface area contributed by atoms with E-state index in [-0.39, 0.29) is 10.7 Å². The van der Waals surface area contributed by atoms with Gasteiger partial charge in [-0.15, -0.1) is 0 Å². The molecule has 2 aromatic rings. The highest BCUT2D eigenvalue weighted by Crippen LogP contribution is 2.20. The molecule has 0 unspecified atom stereocenters. The first-order chi connectivity index (χ1) is 9.11. The number of methoxy groups -OCH3 is 1. The minimum atomic E-state index is -0.292. The lowest BCUT2D eigenvalue weighted by atomic mass is 10.1. The van der Waals surface area contributed by atoms with Crippen molar-refractivity contribution in [3.8, 4) is 5.75 Å². The predicted octanol–water partition coefficient (Wildman–Crippen LogP) is 0.934. The summed E-state index contributed by atoms with van der Waals surface area (Å²) in [4.78, 5) is 15.5. The van der Waals surface area contributed by atoms with Crippen molar-refractivity contribution >= 4 is 17.2 Å². The van der Waals surface area contributed by atoms with E-state index in [0.29, 0.717) is 17.9 Å². The summed E-state index contributed by atoms with van der Waals surface area (Å²) in [6, 6.07) is 7.17. The third kappa shape index (κ3) is 2.97. The van der Waals surface area contributed by atoms with Crippen LogP contribution in [-0.4, -0.2) is 21.6 Å². The van der Waals surface area contributed by atoms with E-state index in [1.807, 2.05) is 12.1 Å². The second-order valence-corrected chi connectivity index (χ2v) is 4.37. The van der Waals surface area contributed by atoms with E-state index in [2.05, 4.69) is 4.98 Å². The largest absolute Gasteiger partial charge is 0.496 e. The first-order valence-corrected chi connectivity index (χ1v) is 6.01. The number of thiocarbonyl (C=S) groups is 1. The van der Waals surface area contributed by atoms with Gasteiger partial charge in [0.1, 0.15) is 10.7 Å². The number of nitrogens with two attached hydrogens (primary N) is 1. The second-order valence-electron chi connectivity index (χ2n) is 3.93. The SMILES string of the molecule is COc1cc(Cn2cccnc2=O)ccc1C(N)=S. The molecule has 0 aliphatic rings. The zero-order valence-corrected chi connectivity index (χ0v) is 11.2. The van der Waals surface area contributed by atoms with Gasteiger partial charge in [0.05, 0.1) is 19.2 Å². The zero-order valence-electron chi connectivity index (χ0n) is 10.4. The van der Waals surface area contributed by atoms with Crippen molar-refractivity contribution in [2.45, 2.75) is 6.54 Å². The molecule has 0 saturated carbocycles. The van der Waals surface area contributed by atoms with Crippen LogP contribution in [0.2, 0.25) is 0 Å². The summed E-state index contributed by atoms with van der Waals surface area (Å²) in [5.41, 5.74) is 6.90. The number of ether oxygens (including phenoxy) is 1. The van der Waals surface area contributed by atoms with Crippen molar-refractivity contribution in [3.05, 3.63) is 58.3 Å². The number of benzene rings is 1. The van der Waals surface area contributed by atoms with Crippen molar-refractivity contribution in [3.63, 3.8) is 0 Å². The standard InChI is InChI=1S/C13H13N3O2S/c1-18-11-7-9(3-4-10(11)12(14)19)8-16-6-2-5-15-13(16)17/h2-7H,8H2,1H3,(H2,14,19). The molecular weight excluding hydrogens is 262 g/mol. The molecule has 2 N–H and O–H groups in total. The van der Waals surface area contributed by atoms with Crippen molar-refractivity contribution in [1.82, 2.24) is 9.55 Å². The van der Waals surface area contributed by atoms with Crippen molar-refractivity contribution in [1.29, 1.82) is 0 Å². The van der Waals surface area contributed by atoms with Crippen LogP contribution in [0.25, 0.3) is 0 Å². The van der Waals surface area contributed by atoms with E-state index in [9.17, 15) is 4.79 Å². The van der Waals surface area contributed by atoms with Crippen LogP contribution < -0.4 is 16.2 Å². The minimum Gasteiger partial charge on any atom is -0.496 e. The molecule has 98 valence electrons. The summed E-state index contributed by atoms with van der Waals surface area (Å²) < 4.78 is 6.75.